The van der Waals surface area contributed by atoms with Gasteiger partial charge in [0.05, 0.1) is 6.04 Å². The lowest BCUT2D eigenvalue weighted by molar-refractivity contribution is 0.130. The van der Waals surface area contributed by atoms with Gasteiger partial charge >= 0.3 is 6.03 Å². The summed E-state index contributed by atoms with van der Waals surface area (Å²) in [6, 6.07) is 8.44. The van der Waals surface area contributed by atoms with Crippen molar-refractivity contribution in [3.05, 3.63) is 34.3 Å². The summed E-state index contributed by atoms with van der Waals surface area (Å²) < 4.78 is 1.06. The number of benzene rings is 1. The first-order chi connectivity index (χ1) is 11.2. The molecule has 1 heterocycles. The molecule has 2 N–H and O–H groups in total. The van der Waals surface area contributed by atoms with Gasteiger partial charge in [0.2, 0.25) is 0 Å². The lowest BCUT2D eigenvalue weighted by atomic mass is 9.77. The molecular formula is C18H25BrN2O2. The van der Waals surface area contributed by atoms with Crippen LogP contribution in [0, 0.1) is 11.8 Å². The Labute approximate surface area is 146 Å². The maximum absolute atomic E-state index is 12.6. The molecule has 23 heavy (non-hydrogen) atoms. The summed E-state index contributed by atoms with van der Waals surface area (Å²) in [7, 11) is 0. The Balaban J connectivity index is 1.64. The molecule has 2 fully saturated rings. The minimum absolute atomic E-state index is 0.0428. The van der Waals surface area contributed by atoms with Crippen molar-refractivity contribution in [1.82, 2.24) is 10.2 Å². The van der Waals surface area contributed by atoms with Crippen LogP contribution in [0.4, 0.5) is 4.79 Å². The number of aliphatic hydroxyl groups is 1. The Morgan fingerprint density at radius 1 is 1.22 bits per heavy atom. The molecule has 1 saturated heterocycles. The fraction of sp³-hybridized carbons (Fsp3) is 0.611. The number of nitrogens with zero attached hydrogens (tertiary/aromatic N) is 1. The molecule has 1 aliphatic heterocycles. The monoisotopic (exact) mass is 380 g/mol. The third-order valence-corrected chi connectivity index (χ3v) is 5.82. The van der Waals surface area contributed by atoms with Crippen molar-refractivity contribution >= 4 is 22.0 Å². The van der Waals surface area contributed by atoms with Crippen LogP contribution >= 0.6 is 15.9 Å². The number of halogens is 1. The average molecular weight is 381 g/mol. The van der Waals surface area contributed by atoms with E-state index < -0.39 is 0 Å². The molecule has 4 nitrogen and oxygen atoms in total. The topological polar surface area (TPSA) is 52.6 Å². The Kier molecular flexibility index (Phi) is 5.59. The molecule has 0 bridgehead atoms. The Bertz CT molecular complexity index is 522. The number of urea groups is 1. The molecule has 0 unspecified atom stereocenters. The number of rotatable bonds is 4. The third kappa shape index (κ3) is 4.07. The first-order valence-electron chi connectivity index (χ1n) is 8.59. The minimum atomic E-state index is 0.0428. The number of hydrogen-bond acceptors (Lipinski definition) is 2. The van der Waals surface area contributed by atoms with Crippen LogP contribution in [0.1, 0.15) is 43.7 Å². The van der Waals surface area contributed by atoms with Crippen LogP contribution in [-0.2, 0) is 0 Å². The van der Waals surface area contributed by atoms with Gasteiger partial charge in [-0.2, -0.15) is 0 Å². The highest BCUT2D eigenvalue weighted by molar-refractivity contribution is 9.10. The van der Waals surface area contributed by atoms with Crippen LogP contribution in [-0.4, -0.2) is 35.7 Å². The van der Waals surface area contributed by atoms with Gasteiger partial charge in [-0.25, -0.2) is 4.79 Å². The quantitative estimate of drug-likeness (QED) is 0.836. The highest BCUT2D eigenvalue weighted by Gasteiger charge is 2.31. The summed E-state index contributed by atoms with van der Waals surface area (Å²) in [5.41, 5.74) is 1.19. The number of amides is 2. The maximum atomic E-state index is 12.6. The summed E-state index contributed by atoms with van der Waals surface area (Å²) in [4.78, 5) is 14.5. The molecule has 1 aliphatic carbocycles. The normalized spacial score (nSPS) is 20.9. The molecule has 0 aromatic heterocycles. The van der Waals surface area contributed by atoms with Crippen molar-refractivity contribution in [3.63, 3.8) is 0 Å². The van der Waals surface area contributed by atoms with Crippen molar-refractivity contribution in [3.8, 4) is 0 Å². The predicted molar refractivity (Wildman–Crippen MR) is 94.1 cm³/mol. The summed E-state index contributed by atoms with van der Waals surface area (Å²) in [5, 5.41) is 12.5. The van der Waals surface area contributed by atoms with E-state index in [0.717, 1.165) is 30.4 Å². The zero-order valence-corrected chi connectivity index (χ0v) is 15.0. The van der Waals surface area contributed by atoms with E-state index in [9.17, 15) is 9.90 Å². The summed E-state index contributed by atoms with van der Waals surface area (Å²) in [5.74, 6) is 0.906. The van der Waals surface area contributed by atoms with Gasteiger partial charge in [0, 0.05) is 24.2 Å². The Hall–Kier alpha value is -1.07. The molecule has 1 aromatic rings. The molecule has 2 amide bonds. The average Bonchev–Trinajstić information content (AvgIpc) is 2.53. The predicted octanol–water partition coefficient (Wildman–Crippen LogP) is 3.70. The van der Waals surface area contributed by atoms with E-state index in [1.807, 2.05) is 17.0 Å². The largest absolute Gasteiger partial charge is 0.396 e. The van der Waals surface area contributed by atoms with Gasteiger partial charge in [0.1, 0.15) is 0 Å². The maximum Gasteiger partial charge on any atom is 0.317 e. The summed E-state index contributed by atoms with van der Waals surface area (Å²) in [6.07, 6.45) is 5.43. The van der Waals surface area contributed by atoms with Crippen LogP contribution in [0.15, 0.2) is 28.7 Å². The van der Waals surface area contributed by atoms with Gasteiger partial charge in [-0.3, -0.25) is 0 Å². The molecule has 5 heteroatoms. The van der Waals surface area contributed by atoms with E-state index in [1.165, 1.54) is 24.8 Å². The number of likely N-dealkylation sites (tertiary alicyclic amines) is 1. The van der Waals surface area contributed by atoms with Crippen LogP contribution in [0.3, 0.4) is 0 Å². The van der Waals surface area contributed by atoms with Crippen molar-refractivity contribution in [2.45, 2.75) is 38.1 Å². The molecule has 3 rings (SSSR count). The van der Waals surface area contributed by atoms with Gasteiger partial charge < -0.3 is 15.3 Å². The molecular weight excluding hydrogens is 356 g/mol. The number of aliphatic hydroxyl groups excluding tert-OH is 1. The first kappa shape index (κ1) is 16.8. The molecule has 1 saturated carbocycles. The molecule has 0 radical (unpaired) electrons. The van der Waals surface area contributed by atoms with E-state index in [1.54, 1.807) is 0 Å². The van der Waals surface area contributed by atoms with Crippen molar-refractivity contribution in [1.29, 1.82) is 0 Å². The zero-order valence-electron chi connectivity index (χ0n) is 13.4. The number of piperidine rings is 1. The van der Waals surface area contributed by atoms with E-state index in [-0.39, 0.29) is 18.7 Å². The molecule has 1 aromatic carbocycles. The number of nitrogens with one attached hydrogen (secondary N) is 1. The van der Waals surface area contributed by atoms with Crippen LogP contribution in [0.5, 0.6) is 0 Å². The smallest absolute Gasteiger partial charge is 0.317 e. The first-order valence-corrected chi connectivity index (χ1v) is 9.38. The van der Waals surface area contributed by atoms with Crippen molar-refractivity contribution in [2.24, 2.45) is 11.8 Å². The van der Waals surface area contributed by atoms with Crippen LogP contribution < -0.4 is 5.32 Å². The number of hydrogen-bond donors (Lipinski definition) is 2. The molecule has 126 valence electrons. The lowest BCUT2D eigenvalue weighted by Gasteiger charge is -2.37. The van der Waals surface area contributed by atoms with Crippen molar-refractivity contribution < 1.29 is 9.90 Å². The second-order valence-corrected chi connectivity index (χ2v) is 7.70. The third-order valence-electron chi connectivity index (χ3n) is 5.29. The minimum Gasteiger partial charge on any atom is -0.396 e. The number of carbonyl (C=O) groups is 1. The fourth-order valence-electron chi connectivity index (χ4n) is 3.46. The second kappa shape index (κ2) is 7.67. The molecule has 2 aliphatic rings. The fourth-order valence-corrected chi connectivity index (χ4v) is 3.72. The standard InChI is InChI=1S/C18H25BrN2O2/c19-16-6-4-15(5-7-16)17(14-2-1-3-14)20-18(23)21-10-8-13(12-22)9-11-21/h4-7,13-14,17,22H,1-3,8-12H2,(H,20,23)/t17-/m1/s1. The summed E-state index contributed by atoms with van der Waals surface area (Å²) >= 11 is 3.47. The Morgan fingerprint density at radius 3 is 2.39 bits per heavy atom. The van der Waals surface area contributed by atoms with E-state index >= 15 is 0 Å². The van der Waals surface area contributed by atoms with Gasteiger partial charge in [-0.15, -0.1) is 0 Å². The highest BCUT2D eigenvalue weighted by Crippen LogP contribution is 2.38. The van der Waals surface area contributed by atoms with Crippen molar-refractivity contribution in [2.75, 3.05) is 19.7 Å². The zero-order chi connectivity index (χ0) is 16.2. The van der Waals surface area contributed by atoms with Gasteiger partial charge in [0.15, 0.2) is 0 Å². The van der Waals surface area contributed by atoms with Gasteiger partial charge in [-0.1, -0.05) is 34.5 Å². The molecule has 0 spiro atoms. The van der Waals surface area contributed by atoms with E-state index in [2.05, 4.69) is 33.4 Å². The van der Waals surface area contributed by atoms with Crippen LogP contribution in [0.25, 0.3) is 0 Å². The number of carbonyl (C=O) groups excluding carboxylic acids is 1. The molecule has 1 atom stereocenters. The summed E-state index contributed by atoms with van der Waals surface area (Å²) in [6.45, 7) is 1.72. The van der Waals surface area contributed by atoms with E-state index in [4.69, 9.17) is 0 Å². The lowest BCUT2D eigenvalue weighted by Crippen LogP contribution is -2.47. The SMILES string of the molecule is O=C(N[C@@H](c1ccc(Br)cc1)C1CCC1)N1CCC(CO)CC1. The van der Waals surface area contributed by atoms with Gasteiger partial charge in [0.25, 0.3) is 0 Å². The van der Waals surface area contributed by atoms with Gasteiger partial charge in [-0.05, 0) is 55.2 Å². The van der Waals surface area contributed by atoms with E-state index in [0.29, 0.717) is 11.8 Å². The van der Waals surface area contributed by atoms with Crippen LogP contribution in [0.2, 0.25) is 0 Å². The second-order valence-electron chi connectivity index (χ2n) is 6.78. The Morgan fingerprint density at radius 2 is 1.87 bits per heavy atom. The highest BCUT2D eigenvalue weighted by atomic mass is 79.9.